The maximum atomic E-state index is 12.3. The number of phenolic OH excluding ortho intramolecular Hbond substituents is 1. The zero-order valence-electron chi connectivity index (χ0n) is 17.3. The third kappa shape index (κ3) is 5.22. The van der Waals surface area contributed by atoms with Crippen LogP contribution in [-0.2, 0) is 4.79 Å². The van der Waals surface area contributed by atoms with Crippen LogP contribution >= 0.6 is 11.8 Å². The van der Waals surface area contributed by atoms with Crippen LogP contribution in [0, 0.1) is 6.92 Å². The van der Waals surface area contributed by atoms with Gasteiger partial charge in [0.1, 0.15) is 5.75 Å². The summed E-state index contributed by atoms with van der Waals surface area (Å²) in [6, 6.07) is 24.4. The minimum atomic E-state index is -0.260. The molecule has 0 unspecified atom stereocenters. The Balaban J connectivity index is 1.49. The Hall–Kier alpha value is -3.91. The third-order valence-corrected chi connectivity index (χ3v) is 5.51. The zero-order chi connectivity index (χ0) is 22.3. The van der Waals surface area contributed by atoms with Gasteiger partial charge in [0.05, 0.1) is 12.0 Å². The van der Waals surface area contributed by atoms with E-state index in [1.54, 1.807) is 24.3 Å². The molecular weight excluding hydrogens is 422 g/mol. The number of rotatable bonds is 7. The number of hydrazone groups is 1. The summed E-state index contributed by atoms with van der Waals surface area (Å²) >= 11 is 1.29. The average Bonchev–Trinajstić information content (AvgIpc) is 3.24. The molecule has 2 N–H and O–H groups in total. The molecule has 32 heavy (non-hydrogen) atoms. The van der Waals surface area contributed by atoms with Crippen molar-refractivity contribution < 1.29 is 9.90 Å². The SMILES string of the molecule is Cc1ccc(-c2nnc(SCC(=O)NN=Cc3ccc(O)cc3)n2-c2ccccc2)cc1. The second-order valence-corrected chi connectivity index (χ2v) is 7.96. The topological polar surface area (TPSA) is 92.4 Å². The summed E-state index contributed by atoms with van der Waals surface area (Å²) in [5.74, 6) is 0.760. The number of aromatic nitrogens is 3. The number of nitrogens with one attached hydrogen (secondary N) is 1. The quantitative estimate of drug-likeness (QED) is 0.254. The van der Waals surface area contributed by atoms with Crippen molar-refractivity contribution in [3.8, 4) is 22.8 Å². The largest absolute Gasteiger partial charge is 0.508 e. The van der Waals surface area contributed by atoms with Crippen molar-refractivity contribution in [3.63, 3.8) is 0 Å². The number of phenols is 1. The third-order valence-electron chi connectivity index (χ3n) is 4.59. The first-order chi connectivity index (χ1) is 15.6. The maximum absolute atomic E-state index is 12.3. The molecule has 3 aromatic carbocycles. The van der Waals surface area contributed by atoms with Crippen molar-refractivity contribution in [2.24, 2.45) is 5.10 Å². The first-order valence-electron chi connectivity index (χ1n) is 9.92. The molecule has 0 aliphatic carbocycles. The van der Waals surface area contributed by atoms with Gasteiger partial charge in [-0.15, -0.1) is 10.2 Å². The number of benzene rings is 3. The summed E-state index contributed by atoms with van der Waals surface area (Å²) in [6.45, 7) is 2.04. The van der Waals surface area contributed by atoms with Crippen LogP contribution in [0.5, 0.6) is 5.75 Å². The number of aromatic hydroxyl groups is 1. The highest BCUT2D eigenvalue weighted by atomic mass is 32.2. The number of carbonyl (C=O) groups excluding carboxylic acids is 1. The average molecular weight is 444 g/mol. The Morgan fingerprint density at radius 3 is 2.47 bits per heavy atom. The lowest BCUT2D eigenvalue weighted by molar-refractivity contribution is -0.118. The lowest BCUT2D eigenvalue weighted by Gasteiger charge is -2.10. The normalized spacial score (nSPS) is 11.0. The molecule has 0 saturated heterocycles. The Labute approximate surface area is 189 Å². The molecule has 0 aliphatic heterocycles. The van der Waals surface area contributed by atoms with Gasteiger partial charge in [-0.3, -0.25) is 9.36 Å². The fourth-order valence-corrected chi connectivity index (χ4v) is 3.71. The summed E-state index contributed by atoms with van der Waals surface area (Å²) in [4.78, 5) is 12.3. The molecule has 160 valence electrons. The van der Waals surface area contributed by atoms with E-state index in [9.17, 15) is 9.90 Å². The molecule has 0 radical (unpaired) electrons. The van der Waals surface area contributed by atoms with Crippen molar-refractivity contribution in [3.05, 3.63) is 90.0 Å². The second-order valence-electron chi connectivity index (χ2n) is 7.02. The first kappa shape index (κ1) is 21.3. The van der Waals surface area contributed by atoms with E-state index >= 15 is 0 Å². The van der Waals surface area contributed by atoms with Crippen LogP contribution in [0.2, 0.25) is 0 Å². The van der Waals surface area contributed by atoms with Gasteiger partial charge in [-0.05, 0) is 48.9 Å². The van der Waals surface area contributed by atoms with E-state index < -0.39 is 0 Å². The fraction of sp³-hybridized carbons (Fsp3) is 0.0833. The number of carbonyl (C=O) groups is 1. The number of aryl methyl sites for hydroxylation is 1. The van der Waals surface area contributed by atoms with Crippen molar-refractivity contribution in [1.29, 1.82) is 0 Å². The summed E-state index contributed by atoms with van der Waals surface area (Å²) in [5.41, 5.74) is 6.31. The molecule has 8 heteroatoms. The Bertz CT molecular complexity index is 1220. The molecular formula is C24H21N5O2S. The van der Waals surface area contributed by atoms with E-state index in [1.807, 2.05) is 66.1 Å². The van der Waals surface area contributed by atoms with Gasteiger partial charge in [0.2, 0.25) is 0 Å². The van der Waals surface area contributed by atoms with Gasteiger partial charge in [-0.2, -0.15) is 5.10 Å². The molecule has 0 aliphatic rings. The molecule has 4 rings (SSSR count). The van der Waals surface area contributed by atoms with Gasteiger partial charge in [-0.1, -0.05) is 59.8 Å². The van der Waals surface area contributed by atoms with Crippen LogP contribution < -0.4 is 5.43 Å². The minimum Gasteiger partial charge on any atom is -0.508 e. The monoisotopic (exact) mass is 443 g/mol. The van der Waals surface area contributed by atoms with E-state index in [1.165, 1.54) is 23.5 Å². The standard InChI is InChI=1S/C24H21N5O2S/c1-17-7-11-19(12-8-17)23-27-28-24(29(23)20-5-3-2-4-6-20)32-16-22(31)26-25-15-18-9-13-21(30)14-10-18/h2-15,30H,16H2,1H3,(H,26,31). The number of hydrogen-bond donors (Lipinski definition) is 2. The van der Waals surface area contributed by atoms with Crippen LogP contribution in [0.25, 0.3) is 17.1 Å². The highest BCUT2D eigenvalue weighted by Crippen LogP contribution is 2.28. The molecule has 4 aromatic rings. The molecule has 1 heterocycles. The highest BCUT2D eigenvalue weighted by molar-refractivity contribution is 7.99. The minimum absolute atomic E-state index is 0.131. The Kier molecular flexibility index (Phi) is 6.62. The van der Waals surface area contributed by atoms with Crippen LogP contribution in [0.3, 0.4) is 0 Å². The predicted molar refractivity (Wildman–Crippen MR) is 126 cm³/mol. The molecule has 0 spiro atoms. The summed E-state index contributed by atoms with van der Waals surface area (Å²) in [5, 5.41) is 22.6. The number of amides is 1. The van der Waals surface area contributed by atoms with Crippen LogP contribution in [0.15, 0.2) is 89.1 Å². The van der Waals surface area contributed by atoms with E-state index in [2.05, 4.69) is 20.7 Å². The number of thioether (sulfide) groups is 1. The second kappa shape index (κ2) is 9.93. The van der Waals surface area contributed by atoms with Gasteiger partial charge in [-0.25, -0.2) is 5.43 Å². The van der Waals surface area contributed by atoms with Gasteiger partial charge in [0.25, 0.3) is 5.91 Å². The summed E-state index contributed by atoms with van der Waals surface area (Å²) < 4.78 is 1.95. The molecule has 7 nitrogen and oxygen atoms in total. The molecule has 0 atom stereocenters. The molecule has 0 saturated carbocycles. The molecule has 0 bridgehead atoms. The van der Waals surface area contributed by atoms with E-state index in [4.69, 9.17) is 0 Å². The summed E-state index contributed by atoms with van der Waals surface area (Å²) in [6.07, 6.45) is 1.52. The van der Waals surface area contributed by atoms with E-state index in [-0.39, 0.29) is 17.4 Å². The maximum Gasteiger partial charge on any atom is 0.250 e. The van der Waals surface area contributed by atoms with E-state index in [0.717, 1.165) is 16.8 Å². The van der Waals surface area contributed by atoms with Gasteiger partial charge in [0.15, 0.2) is 11.0 Å². The lowest BCUT2D eigenvalue weighted by Crippen LogP contribution is -2.20. The fourth-order valence-electron chi connectivity index (χ4n) is 2.96. The number of nitrogens with zero attached hydrogens (tertiary/aromatic N) is 4. The summed E-state index contributed by atoms with van der Waals surface area (Å²) in [7, 11) is 0. The van der Waals surface area contributed by atoms with E-state index in [0.29, 0.717) is 11.0 Å². The van der Waals surface area contributed by atoms with Gasteiger partial charge < -0.3 is 5.11 Å². The van der Waals surface area contributed by atoms with Crippen molar-refractivity contribution in [2.75, 3.05) is 5.75 Å². The zero-order valence-corrected chi connectivity index (χ0v) is 18.2. The Morgan fingerprint density at radius 1 is 1.03 bits per heavy atom. The smallest absolute Gasteiger partial charge is 0.250 e. The molecule has 1 amide bonds. The van der Waals surface area contributed by atoms with Crippen LogP contribution in [0.4, 0.5) is 0 Å². The van der Waals surface area contributed by atoms with Crippen molar-refractivity contribution in [1.82, 2.24) is 20.2 Å². The Morgan fingerprint density at radius 2 is 1.75 bits per heavy atom. The molecule has 0 fully saturated rings. The molecule has 1 aromatic heterocycles. The number of hydrogen-bond acceptors (Lipinski definition) is 6. The first-order valence-corrected chi connectivity index (χ1v) is 10.9. The van der Waals surface area contributed by atoms with Gasteiger partial charge >= 0.3 is 0 Å². The van der Waals surface area contributed by atoms with Crippen LogP contribution in [0.1, 0.15) is 11.1 Å². The van der Waals surface area contributed by atoms with Crippen molar-refractivity contribution in [2.45, 2.75) is 12.1 Å². The predicted octanol–water partition coefficient (Wildman–Crippen LogP) is 4.19. The van der Waals surface area contributed by atoms with Gasteiger partial charge in [0, 0.05) is 11.3 Å². The van der Waals surface area contributed by atoms with Crippen molar-refractivity contribution >= 4 is 23.9 Å². The number of para-hydroxylation sites is 1. The lowest BCUT2D eigenvalue weighted by atomic mass is 10.1. The van der Waals surface area contributed by atoms with Crippen LogP contribution in [-0.4, -0.2) is 37.7 Å². The highest BCUT2D eigenvalue weighted by Gasteiger charge is 2.17.